The zero-order chi connectivity index (χ0) is 15.8. The first-order valence-electron chi connectivity index (χ1n) is 7.28. The molecule has 1 aromatic carbocycles. The van der Waals surface area contributed by atoms with Gasteiger partial charge in [-0.15, -0.1) is 0 Å². The van der Waals surface area contributed by atoms with Crippen LogP contribution in [-0.2, 0) is 6.54 Å². The monoisotopic (exact) mass is 302 g/mol. The first-order valence-corrected chi connectivity index (χ1v) is 7.28. The standard InChI is InChI=1S/C16H22N4O2/c1-4-8-17-15-7-9-18-16(20-15)19-11-12-5-6-13(21-2)14(10-12)22-3/h5-7,9-10H,4,8,11H2,1-3H3,(H2,17,18,19,20). The van der Waals surface area contributed by atoms with Crippen LogP contribution in [0.4, 0.5) is 11.8 Å². The van der Waals surface area contributed by atoms with Crippen molar-refractivity contribution in [1.82, 2.24) is 9.97 Å². The van der Waals surface area contributed by atoms with Gasteiger partial charge >= 0.3 is 0 Å². The van der Waals surface area contributed by atoms with Gasteiger partial charge in [0.2, 0.25) is 5.95 Å². The molecule has 0 atom stereocenters. The smallest absolute Gasteiger partial charge is 0.224 e. The molecule has 0 unspecified atom stereocenters. The van der Waals surface area contributed by atoms with E-state index in [9.17, 15) is 0 Å². The molecule has 118 valence electrons. The van der Waals surface area contributed by atoms with Gasteiger partial charge in [-0.2, -0.15) is 4.98 Å². The number of methoxy groups -OCH3 is 2. The van der Waals surface area contributed by atoms with Crippen molar-refractivity contribution in [3.8, 4) is 11.5 Å². The second-order valence-corrected chi connectivity index (χ2v) is 4.74. The lowest BCUT2D eigenvalue weighted by molar-refractivity contribution is 0.354. The zero-order valence-electron chi connectivity index (χ0n) is 13.2. The van der Waals surface area contributed by atoms with Gasteiger partial charge in [-0.25, -0.2) is 4.98 Å². The van der Waals surface area contributed by atoms with Gasteiger partial charge in [-0.3, -0.25) is 0 Å². The van der Waals surface area contributed by atoms with Crippen LogP contribution in [-0.4, -0.2) is 30.7 Å². The van der Waals surface area contributed by atoms with Crippen LogP contribution in [0.5, 0.6) is 11.5 Å². The van der Waals surface area contributed by atoms with Gasteiger partial charge in [0.25, 0.3) is 0 Å². The van der Waals surface area contributed by atoms with E-state index in [1.54, 1.807) is 20.4 Å². The molecule has 1 aromatic heterocycles. The largest absolute Gasteiger partial charge is 0.493 e. The Kier molecular flexibility index (Phi) is 5.82. The van der Waals surface area contributed by atoms with E-state index >= 15 is 0 Å². The van der Waals surface area contributed by atoms with E-state index < -0.39 is 0 Å². The maximum atomic E-state index is 5.30. The Morgan fingerprint density at radius 2 is 1.86 bits per heavy atom. The summed E-state index contributed by atoms with van der Waals surface area (Å²) in [6.45, 7) is 3.62. The summed E-state index contributed by atoms with van der Waals surface area (Å²) < 4.78 is 10.5. The third kappa shape index (κ3) is 4.25. The van der Waals surface area contributed by atoms with E-state index in [1.807, 2.05) is 24.3 Å². The summed E-state index contributed by atoms with van der Waals surface area (Å²) in [5.41, 5.74) is 1.06. The van der Waals surface area contributed by atoms with Gasteiger partial charge in [0, 0.05) is 19.3 Å². The molecule has 0 spiro atoms. The second-order valence-electron chi connectivity index (χ2n) is 4.74. The van der Waals surface area contributed by atoms with Crippen LogP contribution in [0.15, 0.2) is 30.5 Å². The number of benzene rings is 1. The zero-order valence-corrected chi connectivity index (χ0v) is 13.2. The lowest BCUT2D eigenvalue weighted by atomic mass is 10.2. The third-order valence-corrected chi connectivity index (χ3v) is 3.11. The summed E-state index contributed by atoms with van der Waals surface area (Å²) in [5.74, 6) is 2.84. The quantitative estimate of drug-likeness (QED) is 0.781. The molecule has 0 aliphatic rings. The van der Waals surface area contributed by atoms with E-state index in [4.69, 9.17) is 9.47 Å². The third-order valence-electron chi connectivity index (χ3n) is 3.11. The molecule has 0 aliphatic carbocycles. The Bertz CT molecular complexity index is 604. The van der Waals surface area contributed by atoms with Crippen LogP contribution in [0.2, 0.25) is 0 Å². The molecule has 1 heterocycles. The SMILES string of the molecule is CCCNc1ccnc(NCc2ccc(OC)c(OC)c2)n1. The second kappa shape index (κ2) is 8.07. The minimum atomic E-state index is 0.593. The molecule has 6 heteroatoms. The molecule has 0 aliphatic heterocycles. The first kappa shape index (κ1) is 15.9. The van der Waals surface area contributed by atoms with Crippen LogP contribution in [0.3, 0.4) is 0 Å². The van der Waals surface area contributed by atoms with Crippen molar-refractivity contribution >= 4 is 11.8 Å². The van der Waals surface area contributed by atoms with Crippen molar-refractivity contribution in [3.05, 3.63) is 36.0 Å². The van der Waals surface area contributed by atoms with E-state index in [1.165, 1.54) is 0 Å². The van der Waals surface area contributed by atoms with Crippen molar-refractivity contribution < 1.29 is 9.47 Å². The number of hydrogen-bond donors (Lipinski definition) is 2. The summed E-state index contributed by atoms with van der Waals surface area (Å²) in [7, 11) is 3.25. The number of aromatic nitrogens is 2. The Balaban J connectivity index is 2.00. The molecule has 2 aromatic rings. The maximum absolute atomic E-state index is 5.30. The first-order chi connectivity index (χ1) is 10.8. The average molecular weight is 302 g/mol. The van der Waals surface area contributed by atoms with Crippen LogP contribution >= 0.6 is 0 Å². The van der Waals surface area contributed by atoms with Crippen molar-refractivity contribution in [3.63, 3.8) is 0 Å². The number of rotatable bonds is 8. The predicted molar refractivity (Wildman–Crippen MR) is 87.7 cm³/mol. The number of ether oxygens (including phenoxy) is 2. The van der Waals surface area contributed by atoms with Crippen LogP contribution < -0.4 is 20.1 Å². The van der Waals surface area contributed by atoms with Gasteiger partial charge in [-0.05, 0) is 30.2 Å². The minimum absolute atomic E-state index is 0.593. The molecular formula is C16H22N4O2. The highest BCUT2D eigenvalue weighted by molar-refractivity contribution is 5.44. The number of nitrogens with one attached hydrogen (secondary N) is 2. The number of anilines is 2. The molecule has 0 radical (unpaired) electrons. The van der Waals surface area contributed by atoms with Gasteiger partial charge in [-0.1, -0.05) is 13.0 Å². The van der Waals surface area contributed by atoms with E-state index in [2.05, 4.69) is 27.5 Å². The van der Waals surface area contributed by atoms with Crippen LogP contribution in [0.25, 0.3) is 0 Å². The van der Waals surface area contributed by atoms with Crippen LogP contribution in [0, 0.1) is 0 Å². The Morgan fingerprint density at radius 1 is 1.05 bits per heavy atom. The Morgan fingerprint density at radius 3 is 2.59 bits per heavy atom. The summed E-state index contributed by atoms with van der Waals surface area (Å²) >= 11 is 0. The number of nitrogens with zero attached hydrogens (tertiary/aromatic N) is 2. The summed E-state index contributed by atoms with van der Waals surface area (Å²) in [6, 6.07) is 7.66. The van der Waals surface area contributed by atoms with Crippen molar-refractivity contribution in [2.75, 3.05) is 31.4 Å². The lowest BCUT2D eigenvalue weighted by Gasteiger charge is -2.11. The fourth-order valence-electron chi connectivity index (χ4n) is 1.97. The molecule has 0 saturated heterocycles. The Labute approximate surface area is 130 Å². The molecule has 6 nitrogen and oxygen atoms in total. The summed E-state index contributed by atoms with van der Waals surface area (Å²) in [5, 5.41) is 6.45. The number of hydrogen-bond acceptors (Lipinski definition) is 6. The van der Waals surface area contributed by atoms with Gasteiger partial charge < -0.3 is 20.1 Å². The van der Waals surface area contributed by atoms with Crippen LogP contribution in [0.1, 0.15) is 18.9 Å². The lowest BCUT2D eigenvalue weighted by Crippen LogP contribution is -2.07. The van der Waals surface area contributed by atoms with Crippen molar-refractivity contribution in [1.29, 1.82) is 0 Å². The van der Waals surface area contributed by atoms with Gasteiger partial charge in [0.05, 0.1) is 14.2 Å². The highest BCUT2D eigenvalue weighted by Crippen LogP contribution is 2.27. The highest BCUT2D eigenvalue weighted by atomic mass is 16.5. The molecule has 0 bridgehead atoms. The molecule has 0 amide bonds. The molecule has 2 rings (SSSR count). The van der Waals surface area contributed by atoms with E-state index in [0.29, 0.717) is 24.0 Å². The fraction of sp³-hybridized carbons (Fsp3) is 0.375. The molecule has 22 heavy (non-hydrogen) atoms. The summed E-state index contributed by atoms with van der Waals surface area (Å²) in [6.07, 6.45) is 2.79. The fourth-order valence-corrected chi connectivity index (χ4v) is 1.97. The maximum Gasteiger partial charge on any atom is 0.224 e. The molecule has 0 fully saturated rings. The molecular weight excluding hydrogens is 280 g/mol. The van der Waals surface area contributed by atoms with E-state index in [-0.39, 0.29) is 0 Å². The summed E-state index contributed by atoms with van der Waals surface area (Å²) in [4.78, 5) is 8.63. The predicted octanol–water partition coefficient (Wildman–Crippen LogP) is 2.93. The highest BCUT2D eigenvalue weighted by Gasteiger charge is 2.05. The average Bonchev–Trinajstić information content (AvgIpc) is 2.58. The van der Waals surface area contributed by atoms with Gasteiger partial charge in [0.1, 0.15) is 5.82 Å². The Hall–Kier alpha value is -2.50. The minimum Gasteiger partial charge on any atom is -0.493 e. The molecule has 0 saturated carbocycles. The van der Waals surface area contributed by atoms with E-state index in [0.717, 1.165) is 24.3 Å². The van der Waals surface area contributed by atoms with Crippen molar-refractivity contribution in [2.24, 2.45) is 0 Å². The van der Waals surface area contributed by atoms with Gasteiger partial charge in [0.15, 0.2) is 11.5 Å². The normalized spacial score (nSPS) is 10.1. The molecule has 2 N–H and O–H groups in total. The topological polar surface area (TPSA) is 68.3 Å². The van der Waals surface area contributed by atoms with Crippen molar-refractivity contribution in [2.45, 2.75) is 19.9 Å².